The summed E-state index contributed by atoms with van der Waals surface area (Å²) in [4.78, 5) is 11.1. The van der Waals surface area contributed by atoms with Gasteiger partial charge in [-0.15, -0.1) is 0 Å². The molecule has 1 heterocycles. The van der Waals surface area contributed by atoms with Crippen molar-refractivity contribution >= 4 is 5.69 Å². The van der Waals surface area contributed by atoms with Crippen molar-refractivity contribution in [1.29, 1.82) is 0 Å². The number of hydrogen-bond donors (Lipinski definition) is 1. The molecule has 1 aromatic heterocycles. The zero-order valence-electron chi connectivity index (χ0n) is 6.95. The predicted molar refractivity (Wildman–Crippen MR) is 45.9 cm³/mol. The molecular formula is C8H11N3O. The van der Waals surface area contributed by atoms with E-state index in [1.165, 1.54) is 17.5 Å². The number of aryl methyl sites for hydroxylation is 1. The van der Waals surface area contributed by atoms with E-state index in [9.17, 15) is 4.79 Å². The van der Waals surface area contributed by atoms with E-state index in [1.807, 2.05) is 0 Å². The highest BCUT2D eigenvalue weighted by Crippen LogP contribution is 2.38. The summed E-state index contributed by atoms with van der Waals surface area (Å²) in [5.74, 6) is 0.541. The Kier molecular flexibility index (Phi) is 1.43. The molecule has 0 atom stereocenters. The number of nitrogens with zero attached hydrogens (tertiary/aromatic N) is 2. The number of nitrogen functional groups attached to an aromatic ring is 1. The van der Waals surface area contributed by atoms with E-state index in [2.05, 4.69) is 5.10 Å². The van der Waals surface area contributed by atoms with Crippen molar-refractivity contribution in [2.24, 2.45) is 7.05 Å². The second-order valence-electron chi connectivity index (χ2n) is 3.23. The fourth-order valence-corrected chi connectivity index (χ4v) is 1.23. The van der Waals surface area contributed by atoms with Crippen molar-refractivity contribution in [2.45, 2.75) is 18.8 Å². The lowest BCUT2D eigenvalue weighted by Crippen LogP contribution is -2.23. The van der Waals surface area contributed by atoms with Crippen LogP contribution in [0.2, 0.25) is 0 Å². The maximum Gasteiger partial charge on any atom is 0.289 e. The topological polar surface area (TPSA) is 60.9 Å². The Morgan fingerprint density at radius 3 is 2.83 bits per heavy atom. The van der Waals surface area contributed by atoms with Gasteiger partial charge in [0.1, 0.15) is 5.69 Å². The van der Waals surface area contributed by atoms with Crippen LogP contribution in [0.15, 0.2) is 10.9 Å². The minimum absolute atomic E-state index is 0.209. The molecule has 0 aliphatic heterocycles. The Morgan fingerprint density at radius 2 is 2.33 bits per heavy atom. The lowest BCUT2D eigenvalue weighted by Gasteiger charge is -2.01. The number of nitrogens with two attached hydrogens (primary N) is 1. The molecule has 0 spiro atoms. The second kappa shape index (κ2) is 2.33. The van der Waals surface area contributed by atoms with Crippen LogP contribution in [-0.2, 0) is 7.05 Å². The summed E-state index contributed by atoms with van der Waals surface area (Å²) in [6.07, 6.45) is 2.34. The van der Waals surface area contributed by atoms with E-state index in [-0.39, 0.29) is 5.56 Å². The second-order valence-corrected chi connectivity index (χ2v) is 3.23. The van der Waals surface area contributed by atoms with Gasteiger partial charge in [0.2, 0.25) is 0 Å². The summed E-state index contributed by atoms with van der Waals surface area (Å²) < 4.78 is 1.31. The number of aromatic nitrogens is 2. The number of rotatable bonds is 1. The minimum Gasteiger partial charge on any atom is -0.394 e. The molecular weight excluding hydrogens is 154 g/mol. The number of anilines is 1. The smallest absolute Gasteiger partial charge is 0.289 e. The molecule has 1 fully saturated rings. The Balaban J connectivity index is 2.53. The molecule has 4 nitrogen and oxygen atoms in total. The van der Waals surface area contributed by atoms with E-state index >= 15 is 0 Å². The normalized spacial score (nSPS) is 16.4. The molecule has 12 heavy (non-hydrogen) atoms. The molecule has 0 saturated heterocycles. The molecule has 1 aromatic rings. The van der Waals surface area contributed by atoms with Crippen molar-refractivity contribution in [2.75, 3.05) is 5.73 Å². The van der Waals surface area contributed by atoms with Gasteiger partial charge in [0, 0.05) is 13.0 Å². The van der Waals surface area contributed by atoms with Crippen LogP contribution in [0.25, 0.3) is 0 Å². The van der Waals surface area contributed by atoms with Crippen molar-refractivity contribution in [3.63, 3.8) is 0 Å². The average Bonchev–Trinajstić information content (AvgIpc) is 2.81. The molecule has 2 rings (SSSR count). The fraction of sp³-hybridized carbons (Fsp3) is 0.500. The van der Waals surface area contributed by atoms with Gasteiger partial charge < -0.3 is 5.73 Å². The lowest BCUT2D eigenvalue weighted by atomic mass is 10.2. The average molecular weight is 165 g/mol. The number of hydrogen-bond acceptors (Lipinski definition) is 3. The highest BCUT2D eigenvalue weighted by molar-refractivity contribution is 5.37. The van der Waals surface area contributed by atoms with Gasteiger partial charge in [0.05, 0.1) is 5.69 Å². The largest absolute Gasteiger partial charge is 0.394 e. The van der Waals surface area contributed by atoms with Gasteiger partial charge in [-0.2, -0.15) is 5.10 Å². The monoisotopic (exact) mass is 165 g/mol. The first-order chi connectivity index (χ1) is 5.68. The molecule has 1 aliphatic rings. The quantitative estimate of drug-likeness (QED) is 0.648. The highest BCUT2D eigenvalue weighted by Gasteiger charge is 2.26. The first-order valence-electron chi connectivity index (χ1n) is 4.02. The van der Waals surface area contributed by atoms with Gasteiger partial charge in [0.25, 0.3) is 5.56 Å². The Labute approximate surface area is 70.0 Å². The minimum atomic E-state index is -0.209. The highest BCUT2D eigenvalue weighted by atomic mass is 16.1. The maximum absolute atomic E-state index is 11.1. The van der Waals surface area contributed by atoms with Gasteiger partial charge in [-0.25, -0.2) is 4.68 Å². The summed E-state index contributed by atoms with van der Waals surface area (Å²) in [5.41, 5.74) is 6.56. The van der Waals surface area contributed by atoms with E-state index in [0.717, 1.165) is 5.69 Å². The first-order valence-corrected chi connectivity index (χ1v) is 4.02. The van der Waals surface area contributed by atoms with Crippen LogP contribution in [0.5, 0.6) is 0 Å². The maximum atomic E-state index is 11.1. The molecule has 1 aliphatic carbocycles. The van der Waals surface area contributed by atoms with Crippen LogP contribution < -0.4 is 11.3 Å². The molecule has 64 valence electrons. The van der Waals surface area contributed by atoms with Gasteiger partial charge in [-0.1, -0.05) is 0 Å². The Hall–Kier alpha value is -1.32. The van der Waals surface area contributed by atoms with Crippen molar-refractivity contribution in [3.05, 3.63) is 22.1 Å². The van der Waals surface area contributed by atoms with Crippen molar-refractivity contribution in [1.82, 2.24) is 9.78 Å². The first kappa shape index (κ1) is 7.34. The molecule has 0 radical (unpaired) electrons. The van der Waals surface area contributed by atoms with Crippen LogP contribution in [0.3, 0.4) is 0 Å². The Bertz CT molecular complexity index is 339. The SMILES string of the molecule is Cn1nc(C2CC2)cc(N)c1=O. The molecule has 4 heteroatoms. The van der Waals surface area contributed by atoms with Crippen LogP contribution in [0, 0.1) is 0 Å². The van der Waals surface area contributed by atoms with Crippen molar-refractivity contribution in [3.8, 4) is 0 Å². The van der Waals surface area contributed by atoms with E-state index in [1.54, 1.807) is 13.1 Å². The van der Waals surface area contributed by atoms with Gasteiger partial charge in [0.15, 0.2) is 0 Å². The van der Waals surface area contributed by atoms with E-state index < -0.39 is 0 Å². The molecule has 2 N–H and O–H groups in total. The zero-order valence-corrected chi connectivity index (χ0v) is 6.95. The fourth-order valence-electron chi connectivity index (χ4n) is 1.23. The summed E-state index contributed by atoms with van der Waals surface area (Å²) in [6, 6.07) is 1.69. The van der Waals surface area contributed by atoms with Crippen LogP contribution in [-0.4, -0.2) is 9.78 Å². The Morgan fingerprint density at radius 1 is 1.67 bits per heavy atom. The van der Waals surface area contributed by atoms with Crippen LogP contribution >= 0.6 is 0 Å². The van der Waals surface area contributed by atoms with E-state index in [4.69, 9.17) is 5.73 Å². The van der Waals surface area contributed by atoms with Gasteiger partial charge in [-0.3, -0.25) is 4.79 Å². The van der Waals surface area contributed by atoms with Gasteiger partial charge in [-0.05, 0) is 18.9 Å². The third-order valence-corrected chi connectivity index (χ3v) is 2.11. The predicted octanol–water partition coefficient (Wildman–Crippen LogP) is 0.240. The standard InChI is InChI=1S/C8H11N3O/c1-11-8(12)6(9)4-7(10-11)5-2-3-5/h4-5H,2-3,9H2,1H3. The molecule has 0 amide bonds. The molecule has 1 saturated carbocycles. The van der Waals surface area contributed by atoms with Crippen molar-refractivity contribution < 1.29 is 0 Å². The summed E-state index contributed by atoms with van der Waals surface area (Å²) in [6.45, 7) is 0. The zero-order chi connectivity index (χ0) is 8.72. The molecule has 0 aromatic carbocycles. The summed E-state index contributed by atoms with van der Waals surface area (Å²) >= 11 is 0. The third-order valence-electron chi connectivity index (χ3n) is 2.11. The van der Waals surface area contributed by atoms with Crippen LogP contribution in [0.4, 0.5) is 5.69 Å². The molecule has 0 bridgehead atoms. The summed E-state index contributed by atoms with van der Waals surface area (Å²) in [5, 5.41) is 4.12. The van der Waals surface area contributed by atoms with E-state index in [0.29, 0.717) is 11.6 Å². The third kappa shape index (κ3) is 1.09. The summed E-state index contributed by atoms with van der Waals surface area (Å²) in [7, 11) is 1.63. The molecule has 0 unspecified atom stereocenters. The van der Waals surface area contributed by atoms with Gasteiger partial charge >= 0.3 is 0 Å². The lowest BCUT2D eigenvalue weighted by molar-refractivity contribution is 0.682. The van der Waals surface area contributed by atoms with Crippen LogP contribution in [0.1, 0.15) is 24.5 Å².